The molecular formula is C21H19FN6. The van der Waals surface area contributed by atoms with Crippen LogP contribution in [0.4, 0.5) is 16.2 Å². The number of benzene rings is 2. The maximum Gasteiger partial charge on any atom is 0.225 e. The average Bonchev–Trinajstić information content (AvgIpc) is 3.49. The van der Waals surface area contributed by atoms with Gasteiger partial charge in [-0.25, -0.2) is 14.1 Å². The minimum absolute atomic E-state index is 0.328. The topological polar surface area (TPSA) is 81.7 Å². The number of nitrogens with one attached hydrogen (secondary N) is 1. The minimum atomic E-state index is -0.328. The molecule has 5 rings (SSSR count). The molecule has 3 N–H and O–H groups in total. The molecular weight excluding hydrogens is 355 g/mol. The summed E-state index contributed by atoms with van der Waals surface area (Å²) in [6.07, 6.45) is 2.45. The van der Waals surface area contributed by atoms with Crippen molar-refractivity contribution in [2.45, 2.75) is 12.8 Å². The molecule has 28 heavy (non-hydrogen) atoms. The molecule has 6 nitrogen and oxygen atoms in total. The highest BCUT2D eigenvalue weighted by atomic mass is 19.1. The largest absolute Gasteiger partial charge is 0.383 e. The van der Waals surface area contributed by atoms with Gasteiger partial charge in [0.1, 0.15) is 11.6 Å². The lowest BCUT2D eigenvalue weighted by molar-refractivity contribution is 0.628. The first kappa shape index (κ1) is 16.7. The Hall–Kier alpha value is -3.48. The summed E-state index contributed by atoms with van der Waals surface area (Å²) in [5.41, 5.74) is 8.96. The minimum Gasteiger partial charge on any atom is -0.383 e. The van der Waals surface area contributed by atoms with Gasteiger partial charge in [0.25, 0.3) is 0 Å². The van der Waals surface area contributed by atoms with Crippen molar-refractivity contribution in [3.8, 4) is 16.9 Å². The van der Waals surface area contributed by atoms with E-state index in [0.717, 1.165) is 12.2 Å². The second-order valence-electron chi connectivity index (χ2n) is 7.06. The van der Waals surface area contributed by atoms with Crippen molar-refractivity contribution in [2.24, 2.45) is 5.92 Å². The highest BCUT2D eigenvalue weighted by Gasteiger charge is 2.23. The van der Waals surface area contributed by atoms with Crippen molar-refractivity contribution in [1.82, 2.24) is 19.7 Å². The van der Waals surface area contributed by atoms with Gasteiger partial charge in [-0.05, 0) is 43.0 Å². The number of halogens is 1. The van der Waals surface area contributed by atoms with Crippen molar-refractivity contribution >= 4 is 22.8 Å². The average molecular weight is 374 g/mol. The van der Waals surface area contributed by atoms with E-state index in [4.69, 9.17) is 5.73 Å². The monoisotopic (exact) mass is 374 g/mol. The number of aromatic nitrogens is 4. The van der Waals surface area contributed by atoms with Crippen molar-refractivity contribution in [2.75, 3.05) is 17.6 Å². The van der Waals surface area contributed by atoms with E-state index in [0.29, 0.717) is 40.0 Å². The van der Waals surface area contributed by atoms with Crippen LogP contribution in [0.25, 0.3) is 28.0 Å². The Labute approximate surface area is 161 Å². The van der Waals surface area contributed by atoms with Gasteiger partial charge in [0, 0.05) is 12.1 Å². The van der Waals surface area contributed by atoms with Crippen LogP contribution in [0.3, 0.4) is 0 Å². The molecule has 4 aromatic rings. The molecule has 0 bridgehead atoms. The number of nitrogen functional groups attached to an aromatic ring is 1. The molecule has 2 heterocycles. The molecule has 0 aliphatic heterocycles. The second-order valence-corrected chi connectivity index (χ2v) is 7.06. The summed E-state index contributed by atoms with van der Waals surface area (Å²) in [5.74, 6) is 1.25. The lowest BCUT2D eigenvalue weighted by atomic mass is 10.1. The molecule has 0 spiro atoms. The fraction of sp³-hybridized carbons (Fsp3) is 0.190. The Morgan fingerprint density at radius 2 is 1.89 bits per heavy atom. The molecule has 2 aromatic carbocycles. The van der Waals surface area contributed by atoms with E-state index in [2.05, 4.69) is 20.4 Å². The van der Waals surface area contributed by atoms with Gasteiger partial charge in [0.05, 0.1) is 16.8 Å². The maximum absolute atomic E-state index is 13.9. The highest BCUT2D eigenvalue weighted by molar-refractivity contribution is 5.99. The van der Waals surface area contributed by atoms with Crippen LogP contribution in [0.5, 0.6) is 0 Å². The van der Waals surface area contributed by atoms with E-state index in [9.17, 15) is 4.39 Å². The van der Waals surface area contributed by atoms with E-state index in [-0.39, 0.29) is 5.82 Å². The quantitative estimate of drug-likeness (QED) is 0.551. The number of hydrogen-bond donors (Lipinski definition) is 2. The van der Waals surface area contributed by atoms with Gasteiger partial charge < -0.3 is 11.1 Å². The van der Waals surface area contributed by atoms with Gasteiger partial charge in [-0.15, -0.1) is 5.10 Å². The molecule has 7 heteroatoms. The van der Waals surface area contributed by atoms with Gasteiger partial charge in [0.15, 0.2) is 5.65 Å². The molecule has 1 saturated carbocycles. The molecule has 0 amide bonds. The lowest BCUT2D eigenvalue weighted by Gasteiger charge is -2.08. The molecule has 140 valence electrons. The molecule has 1 aliphatic rings. The number of rotatable bonds is 5. The van der Waals surface area contributed by atoms with Crippen LogP contribution in [0.1, 0.15) is 12.8 Å². The number of nitrogens with zero attached hydrogens (tertiary/aromatic N) is 4. The van der Waals surface area contributed by atoms with Crippen LogP contribution in [0, 0.1) is 11.7 Å². The zero-order valence-electron chi connectivity index (χ0n) is 15.1. The van der Waals surface area contributed by atoms with Crippen molar-refractivity contribution in [3.63, 3.8) is 0 Å². The summed E-state index contributed by atoms with van der Waals surface area (Å²) in [6, 6.07) is 15.9. The van der Waals surface area contributed by atoms with E-state index >= 15 is 0 Å². The lowest BCUT2D eigenvalue weighted by Crippen LogP contribution is -2.07. The molecule has 0 atom stereocenters. The predicted octanol–water partition coefficient (Wildman–Crippen LogP) is 4.03. The van der Waals surface area contributed by atoms with E-state index in [1.165, 1.54) is 25.0 Å². The van der Waals surface area contributed by atoms with Crippen molar-refractivity contribution < 1.29 is 4.39 Å². The number of nitrogens with two attached hydrogens (primary N) is 1. The molecule has 0 radical (unpaired) electrons. The Morgan fingerprint density at radius 1 is 1.07 bits per heavy atom. The van der Waals surface area contributed by atoms with E-state index in [1.807, 2.05) is 36.4 Å². The number of para-hydroxylation sites is 1. The normalized spacial score (nSPS) is 13.8. The van der Waals surface area contributed by atoms with Crippen LogP contribution in [-0.4, -0.2) is 26.3 Å². The van der Waals surface area contributed by atoms with E-state index < -0.39 is 0 Å². The van der Waals surface area contributed by atoms with E-state index in [1.54, 1.807) is 10.7 Å². The Balaban J connectivity index is 1.70. The summed E-state index contributed by atoms with van der Waals surface area (Å²) in [6.45, 7) is 0.822. The SMILES string of the molecule is Nc1c2c(-c3cccc(F)c3)nc(NCC3CC3)nc2nn1-c1ccccc1. The van der Waals surface area contributed by atoms with Crippen molar-refractivity contribution in [1.29, 1.82) is 0 Å². The third-order valence-electron chi connectivity index (χ3n) is 4.91. The first-order valence-electron chi connectivity index (χ1n) is 9.30. The summed E-state index contributed by atoms with van der Waals surface area (Å²) in [7, 11) is 0. The van der Waals surface area contributed by atoms with Gasteiger partial charge in [-0.1, -0.05) is 30.3 Å². The summed E-state index contributed by atoms with van der Waals surface area (Å²) in [4.78, 5) is 9.22. The first-order valence-corrected chi connectivity index (χ1v) is 9.30. The standard InChI is InChI=1S/C21H19FN6/c22-15-6-4-5-14(11-15)18-17-19(23)28(16-7-2-1-3-8-16)27-20(17)26-21(25-18)24-12-13-9-10-13/h1-8,11,13H,9-10,12,23H2,(H,24,26,27). The maximum atomic E-state index is 13.9. The van der Waals surface area contributed by atoms with Crippen molar-refractivity contribution in [3.05, 3.63) is 60.4 Å². The van der Waals surface area contributed by atoms with Crippen LogP contribution in [0.2, 0.25) is 0 Å². The van der Waals surface area contributed by atoms with Gasteiger partial charge >= 0.3 is 0 Å². The van der Waals surface area contributed by atoms with Crippen LogP contribution in [0.15, 0.2) is 54.6 Å². The van der Waals surface area contributed by atoms with Crippen LogP contribution < -0.4 is 11.1 Å². The van der Waals surface area contributed by atoms with Crippen LogP contribution in [-0.2, 0) is 0 Å². The molecule has 0 saturated heterocycles. The Bertz CT molecular complexity index is 1150. The molecule has 1 fully saturated rings. The predicted molar refractivity (Wildman–Crippen MR) is 108 cm³/mol. The molecule has 2 aromatic heterocycles. The second kappa shape index (κ2) is 6.60. The Morgan fingerprint density at radius 3 is 2.64 bits per heavy atom. The summed E-state index contributed by atoms with van der Waals surface area (Å²) >= 11 is 0. The number of anilines is 2. The fourth-order valence-electron chi connectivity index (χ4n) is 3.26. The van der Waals surface area contributed by atoms with Gasteiger partial charge in [-0.3, -0.25) is 0 Å². The first-order chi connectivity index (χ1) is 13.7. The number of hydrogen-bond acceptors (Lipinski definition) is 5. The highest BCUT2D eigenvalue weighted by Crippen LogP contribution is 2.34. The van der Waals surface area contributed by atoms with Gasteiger partial charge in [0.2, 0.25) is 5.95 Å². The Kier molecular flexibility index (Phi) is 3.93. The third kappa shape index (κ3) is 3.05. The zero-order valence-corrected chi connectivity index (χ0v) is 15.1. The van der Waals surface area contributed by atoms with Gasteiger partial charge in [-0.2, -0.15) is 4.98 Å². The summed E-state index contributed by atoms with van der Waals surface area (Å²) < 4.78 is 15.5. The fourth-order valence-corrected chi connectivity index (χ4v) is 3.26. The van der Waals surface area contributed by atoms with Crippen LogP contribution >= 0.6 is 0 Å². The zero-order chi connectivity index (χ0) is 19.1. The summed E-state index contributed by atoms with van der Waals surface area (Å²) in [5, 5.41) is 8.50. The molecule has 0 unspecified atom stereocenters. The number of fused-ring (bicyclic) bond motifs is 1. The third-order valence-corrected chi connectivity index (χ3v) is 4.91. The smallest absolute Gasteiger partial charge is 0.225 e. The molecule has 1 aliphatic carbocycles.